The Labute approximate surface area is 160 Å². The van der Waals surface area contributed by atoms with Crippen LogP contribution in [-0.2, 0) is 9.59 Å². The summed E-state index contributed by atoms with van der Waals surface area (Å²) in [6.07, 6.45) is 0.0852. The molecule has 0 saturated heterocycles. The van der Waals surface area contributed by atoms with Crippen LogP contribution in [0.25, 0.3) is 0 Å². The van der Waals surface area contributed by atoms with Gasteiger partial charge in [-0.3, -0.25) is 9.59 Å². The third kappa shape index (κ3) is 6.68. The number of anilines is 1. The van der Waals surface area contributed by atoms with Crippen molar-refractivity contribution in [3.05, 3.63) is 58.6 Å². The van der Waals surface area contributed by atoms with Crippen LogP contribution in [0.4, 0.5) is 5.69 Å². The average Bonchev–Trinajstić information content (AvgIpc) is 2.60. The van der Waals surface area contributed by atoms with E-state index >= 15 is 0 Å². The molecule has 136 valence electrons. The van der Waals surface area contributed by atoms with E-state index in [1.165, 1.54) is 0 Å². The average molecular weight is 418 g/mol. The van der Waals surface area contributed by atoms with Gasteiger partial charge in [0, 0.05) is 15.9 Å². The quantitative estimate of drug-likeness (QED) is 0.532. The summed E-state index contributed by atoms with van der Waals surface area (Å²) in [5, 5.41) is 6.68. The summed E-state index contributed by atoms with van der Waals surface area (Å²) in [4.78, 5) is 23.7. The third-order valence-electron chi connectivity index (χ3n) is 3.34. The highest BCUT2D eigenvalue weighted by atomic mass is 79.9. The molecule has 0 bridgehead atoms. The molecule has 0 heterocycles. The number of hydrazone groups is 1. The van der Waals surface area contributed by atoms with Crippen LogP contribution in [-0.4, -0.2) is 24.1 Å². The van der Waals surface area contributed by atoms with Crippen LogP contribution in [0.1, 0.15) is 18.9 Å². The predicted molar refractivity (Wildman–Crippen MR) is 105 cm³/mol. The highest BCUT2D eigenvalue weighted by Crippen LogP contribution is 2.21. The van der Waals surface area contributed by atoms with Crippen molar-refractivity contribution in [2.45, 2.75) is 20.3 Å². The number of hydrogen-bond donors (Lipinski definition) is 2. The summed E-state index contributed by atoms with van der Waals surface area (Å²) >= 11 is 3.37. The SMILES string of the molecule is CC(CC(=O)Nc1ccccc1)=NNC(=O)COc1ccc(Br)cc1C. The topological polar surface area (TPSA) is 79.8 Å². The lowest BCUT2D eigenvalue weighted by Gasteiger charge is -2.09. The summed E-state index contributed by atoms with van der Waals surface area (Å²) in [5.74, 6) is 0.0369. The van der Waals surface area contributed by atoms with Gasteiger partial charge in [-0.15, -0.1) is 0 Å². The van der Waals surface area contributed by atoms with Crippen molar-refractivity contribution in [3.8, 4) is 5.75 Å². The molecule has 6 nitrogen and oxygen atoms in total. The van der Waals surface area contributed by atoms with E-state index in [2.05, 4.69) is 31.8 Å². The van der Waals surface area contributed by atoms with Crippen LogP contribution < -0.4 is 15.5 Å². The lowest BCUT2D eigenvalue weighted by atomic mass is 10.2. The minimum Gasteiger partial charge on any atom is -0.483 e. The van der Waals surface area contributed by atoms with Gasteiger partial charge in [-0.2, -0.15) is 5.10 Å². The van der Waals surface area contributed by atoms with E-state index < -0.39 is 5.91 Å². The van der Waals surface area contributed by atoms with Crippen LogP contribution >= 0.6 is 15.9 Å². The number of ether oxygens (including phenoxy) is 1. The number of carbonyl (C=O) groups is 2. The highest BCUT2D eigenvalue weighted by molar-refractivity contribution is 9.10. The van der Waals surface area contributed by atoms with Crippen LogP contribution in [0.3, 0.4) is 0 Å². The Morgan fingerprint density at radius 1 is 1.12 bits per heavy atom. The molecule has 0 aromatic heterocycles. The number of nitrogens with one attached hydrogen (secondary N) is 2. The fraction of sp³-hybridized carbons (Fsp3) is 0.211. The first-order valence-corrected chi connectivity index (χ1v) is 8.79. The normalized spacial score (nSPS) is 11.0. The molecule has 7 heteroatoms. The molecule has 0 unspecified atom stereocenters. The minimum absolute atomic E-state index is 0.0852. The molecule has 0 aliphatic carbocycles. The van der Waals surface area contributed by atoms with Gasteiger partial charge in [0.05, 0.1) is 6.42 Å². The molecule has 2 amide bonds. The summed E-state index contributed by atoms with van der Waals surface area (Å²) in [5.41, 5.74) is 4.52. The van der Waals surface area contributed by atoms with Crippen molar-refractivity contribution in [1.29, 1.82) is 0 Å². The number of amides is 2. The fourth-order valence-corrected chi connectivity index (χ4v) is 2.58. The lowest BCUT2D eigenvalue weighted by Crippen LogP contribution is -2.26. The van der Waals surface area contributed by atoms with Gasteiger partial charge in [-0.1, -0.05) is 34.1 Å². The monoisotopic (exact) mass is 417 g/mol. The molecular formula is C19H20BrN3O3. The molecule has 0 fully saturated rings. The molecule has 2 rings (SSSR count). The van der Waals surface area contributed by atoms with Gasteiger partial charge in [-0.25, -0.2) is 5.43 Å². The summed E-state index contributed by atoms with van der Waals surface area (Å²) in [7, 11) is 0. The van der Waals surface area contributed by atoms with Crippen LogP contribution in [0.5, 0.6) is 5.75 Å². The molecule has 2 N–H and O–H groups in total. The Bertz CT molecular complexity index is 807. The maximum Gasteiger partial charge on any atom is 0.277 e. The van der Waals surface area contributed by atoms with E-state index in [1.54, 1.807) is 25.1 Å². The zero-order valence-electron chi connectivity index (χ0n) is 14.6. The first-order valence-electron chi connectivity index (χ1n) is 8.00. The predicted octanol–water partition coefficient (Wildman–Crippen LogP) is 3.66. The molecule has 0 aliphatic heterocycles. The number of rotatable bonds is 7. The molecular weight excluding hydrogens is 398 g/mol. The van der Waals surface area contributed by atoms with E-state index in [0.717, 1.165) is 10.0 Å². The standard InChI is InChI=1S/C19H20BrN3O3/c1-13-10-15(20)8-9-17(13)26-12-19(25)23-22-14(2)11-18(24)21-16-6-4-3-5-7-16/h3-10H,11-12H2,1-2H3,(H,21,24)(H,23,25). The smallest absolute Gasteiger partial charge is 0.277 e. The van der Waals surface area contributed by atoms with E-state index in [4.69, 9.17) is 4.74 Å². The van der Waals surface area contributed by atoms with Crippen LogP contribution in [0.15, 0.2) is 58.1 Å². The minimum atomic E-state index is -0.393. The Balaban J connectivity index is 1.76. The van der Waals surface area contributed by atoms with Gasteiger partial charge >= 0.3 is 0 Å². The van der Waals surface area contributed by atoms with Crippen molar-refractivity contribution in [1.82, 2.24) is 5.43 Å². The Morgan fingerprint density at radius 3 is 2.54 bits per heavy atom. The number of para-hydroxylation sites is 1. The van der Waals surface area contributed by atoms with Gasteiger partial charge in [0.2, 0.25) is 5.91 Å². The van der Waals surface area contributed by atoms with E-state index in [9.17, 15) is 9.59 Å². The highest BCUT2D eigenvalue weighted by Gasteiger charge is 2.07. The number of hydrogen-bond acceptors (Lipinski definition) is 4. The second-order valence-electron chi connectivity index (χ2n) is 5.67. The maximum absolute atomic E-state index is 11.9. The van der Waals surface area contributed by atoms with Crippen molar-refractivity contribution >= 4 is 39.1 Å². The Kier molecular flexibility index (Phi) is 7.35. The zero-order chi connectivity index (χ0) is 18.9. The van der Waals surface area contributed by atoms with Crippen molar-refractivity contribution in [3.63, 3.8) is 0 Å². The van der Waals surface area contributed by atoms with Crippen LogP contribution in [0.2, 0.25) is 0 Å². The number of nitrogens with zero attached hydrogens (tertiary/aromatic N) is 1. The molecule has 0 radical (unpaired) electrons. The second-order valence-corrected chi connectivity index (χ2v) is 6.59. The number of carbonyl (C=O) groups excluding carboxylic acids is 2. The fourth-order valence-electron chi connectivity index (χ4n) is 2.11. The summed E-state index contributed by atoms with van der Waals surface area (Å²) in [6, 6.07) is 14.7. The van der Waals surface area contributed by atoms with E-state index in [-0.39, 0.29) is 18.9 Å². The first-order chi connectivity index (χ1) is 12.4. The number of benzene rings is 2. The molecule has 2 aromatic rings. The molecule has 0 aliphatic rings. The van der Waals surface area contributed by atoms with Crippen molar-refractivity contribution in [2.75, 3.05) is 11.9 Å². The van der Waals surface area contributed by atoms with Gasteiger partial charge in [-0.05, 0) is 49.7 Å². The zero-order valence-corrected chi connectivity index (χ0v) is 16.2. The molecule has 2 aromatic carbocycles. The number of aryl methyl sites for hydroxylation is 1. The largest absolute Gasteiger partial charge is 0.483 e. The van der Waals surface area contributed by atoms with E-state index in [0.29, 0.717) is 17.1 Å². The number of halogens is 1. The second kappa shape index (κ2) is 9.72. The van der Waals surface area contributed by atoms with Gasteiger partial charge in [0.15, 0.2) is 6.61 Å². The van der Waals surface area contributed by atoms with Gasteiger partial charge < -0.3 is 10.1 Å². The molecule has 26 heavy (non-hydrogen) atoms. The third-order valence-corrected chi connectivity index (χ3v) is 3.83. The molecule has 0 atom stereocenters. The molecule has 0 spiro atoms. The lowest BCUT2D eigenvalue weighted by molar-refractivity contribution is -0.123. The Hall–Kier alpha value is -2.67. The van der Waals surface area contributed by atoms with Gasteiger partial charge in [0.25, 0.3) is 5.91 Å². The first kappa shape index (κ1) is 19.7. The van der Waals surface area contributed by atoms with E-state index in [1.807, 2.05) is 37.3 Å². The van der Waals surface area contributed by atoms with Gasteiger partial charge in [0.1, 0.15) is 5.75 Å². The molecule has 0 saturated carbocycles. The Morgan fingerprint density at radius 2 is 1.85 bits per heavy atom. The summed E-state index contributed by atoms with van der Waals surface area (Å²) < 4.78 is 6.41. The van der Waals surface area contributed by atoms with Crippen LogP contribution in [0, 0.1) is 6.92 Å². The van der Waals surface area contributed by atoms with Crippen molar-refractivity contribution in [2.24, 2.45) is 5.10 Å². The summed E-state index contributed by atoms with van der Waals surface area (Å²) in [6.45, 7) is 3.41. The van der Waals surface area contributed by atoms with Crippen molar-refractivity contribution < 1.29 is 14.3 Å². The maximum atomic E-state index is 11.9.